The molecule has 0 bridgehead atoms. The van der Waals surface area contributed by atoms with Gasteiger partial charge >= 0.3 is 0 Å². The minimum absolute atomic E-state index is 0.0321. The molecule has 1 aliphatic carbocycles. The highest BCUT2D eigenvalue weighted by molar-refractivity contribution is 6.50. The normalized spacial score (nSPS) is 13.3. The van der Waals surface area contributed by atoms with E-state index < -0.39 is 23.0 Å². The molecule has 0 aliphatic heterocycles. The number of carbonyl (C=O) groups is 2. The Balaban J connectivity index is 2.36. The summed E-state index contributed by atoms with van der Waals surface area (Å²) in [5.41, 5.74) is -0.0162. The van der Waals surface area contributed by atoms with Crippen LogP contribution in [0.15, 0.2) is 35.1 Å². The van der Waals surface area contributed by atoms with Gasteiger partial charge in [-0.05, 0) is 29.8 Å². The number of phenolic OH excluding ortho intramolecular Hbond substituents is 1. The van der Waals surface area contributed by atoms with E-state index in [1.165, 1.54) is 30.3 Å². The van der Waals surface area contributed by atoms with E-state index in [-0.39, 0.29) is 22.4 Å². The summed E-state index contributed by atoms with van der Waals surface area (Å²) in [5, 5.41) is 19.0. The number of fused-ring (bicyclic) bond motifs is 1. The van der Waals surface area contributed by atoms with Crippen molar-refractivity contribution in [2.45, 2.75) is 0 Å². The van der Waals surface area contributed by atoms with Gasteiger partial charge < -0.3 is 10.2 Å². The number of hydrogen-bond acceptors (Lipinski definition) is 5. The number of H-pyrrole nitrogens is 1. The fraction of sp³-hybridized carbons (Fsp3) is 0. The predicted molar refractivity (Wildman–Crippen MR) is 74.2 cm³/mol. The second-order valence-electron chi connectivity index (χ2n) is 4.54. The van der Waals surface area contributed by atoms with Gasteiger partial charge in [0.05, 0.1) is 11.1 Å². The molecule has 3 rings (SSSR count). The number of aromatic hydroxyl groups is 2. The fourth-order valence-electron chi connectivity index (χ4n) is 2.28. The number of rotatable bonds is 1. The molecule has 1 heterocycles. The zero-order chi connectivity index (χ0) is 15.1. The largest absolute Gasteiger partial charge is 0.508 e. The van der Waals surface area contributed by atoms with Crippen LogP contribution in [0.25, 0.3) is 17.2 Å². The Morgan fingerprint density at radius 2 is 1.52 bits per heavy atom. The third-order valence-corrected chi connectivity index (χ3v) is 3.24. The summed E-state index contributed by atoms with van der Waals surface area (Å²) < 4.78 is 0. The first kappa shape index (κ1) is 12.9. The van der Waals surface area contributed by atoms with Gasteiger partial charge in [0.25, 0.3) is 5.56 Å². The Kier molecular flexibility index (Phi) is 2.72. The van der Waals surface area contributed by atoms with E-state index in [0.29, 0.717) is 5.56 Å². The molecule has 0 saturated carbocycles. The maximum Gasteiger partial charge on any atom is 0.259 e. The van der Waals surface area contributed by atoms with Crippen LogP contribution in [0, 0.1) is 0 Å². The number of ketones is 2. The van der Waals surface area contributed by atoms with Crippen molar-refractivity contribution in [3.8, 4) is 22.8 Å². The molecule has 1 aliphatic rings. The van der Waals surface area contributed by atoms with Crippen LogP contribution in [-0.2, 0) is 4.79 Å². The zero-order valence-corrected chi connectivity index (χ0v) is 10.6. The Morgan fingerprint density at radius 3 is 2.19 bits per heavy atom. The van der Waals surface area contributed by atoms with Gasteiger partial charge in [-0.15, -0.1) is 0 Å². The highest BCUT2D eigenvalue weighted by Crippen LogP contribution is 2.31. The SMILES string of the molecule is O=C1C=Cc2c(c(O)[nH]c(=O)c2-c2ccc(O)cc2)C1=O. The molecule has 3 N–H and O–H groups in total. The second-order valence-corrected chi connectivity index (χ2v) is 4.54. The van der Waals surface area contributed by atoms with Gasteiger partial charge in [0.15, 0.2) is 0 Å². The summed E-state index contributed by atoms with van der Waals surface area (Å²) in [6, 6.07) is 5.80. The third-order valence-electron chi connectivity index (χ3n) is 3.24. The molecule has 1 aromatic heterocycles. The standard InChI is InChI=1S/C15H9NO5/c17-8-3-1-7(2-4-8)11-9-5-6-10(18)13(19)12(9)15(21)16-14(11)20/h1-6,17H,(H2,16,20,21). The second kappa shape index (κ2) is 4.45. The van der Waals surface area contributed by atoms with Crippen molar-refractivity contribution in [2.24, 2.45) is 0 Å². The maximum absolute atomic E-state index is 12.1. The number of aromatic amines is 1. The van der Waals surface area contributed by atoms with Crippen LogP contribution in [0.4, 0.5) is 0 Å². The molecule has 0 fully saturated rings. The number of Topliss-reactive ketones (excluding diaryl/α,β-unsaturated/α-hetero) is 1. The zero-order valence-electron chi connectivity index (χ0n) is 10.6. The summed E-state index contributed by atoms with van der Waals surface area (Å²) in [6.45, 7) is 0. The molecule has 0 unspecified atom stereocenters. The van der Waals surface area contributed by atoms with Crippen molar-refractivity contribution < 1.29 is 19.8 Å². The molecular formula is C15H9NO5. The van der Waals surface area contributed by atoms with Crippen molar-refractivity contribution in [1.29, 1.82) is 0 Å². The number of pyridine rings is 1. The van der Waals surface area contributed by atoms with Crippen molar-refractivity contribution >= 4 is 17.6 Å². The van der Waals surface area contributed by atoms with Gasteiger partial charge in [-0.1, -0.05) is 12.1 Å². The maximum atomic E-state index is 12.1. The molecule has 1 aromatic carbocycles. The van der Waals surface area contributed by atoms with Gasteiger partial charge in [-0.25, -0.2) is 0 Å². The molecule has 104 valence electrons. The molecule has 2 aromatic rings. The summed E-state index contributed by atoms with van der Waals surface area (Å²) >= 11 is 0. The lowest BCUT2D eigenvalue weighted by Gasteiger charge is -2.14. The molecule has 0 saturated heterocycles. The van der Waals surface area contributed by atoms with E-state index in [1.54, 1.807) is 0 Å². The highest BCUT2D eigenvalue weighted by atomic mass is 16.3. The van der Waals surface area contributed by atoms with Crippen molar-refractivity contribution in [3.05, 3.63) is 51.8 Å². The Morgan fingerprint density at radius 1 is 0.857 bits per heavy atom. The fourth-order valence-corrected chi connectivity index (χ4v) is 2.28. The molecule has 6 heteroatoms. The van der Waals surface area contributed by atoms with Gasteiger partial charge in [0, 0.05) is 5.56 Å². The Hall–Kier alpha value is -3.15. The third kappa shape index (κ3) is 1.93. The van der Waals surface area contributed by atoms with Crippen molar-refractivity contribution in [1.82, 2.24) is 4.98 Å². The number of carbonyl (C=O) groups excluding carboxylic acids is 2. The molecule has 21 heavy (non-hydrogen) atoms. The average molecular weight is 283 g/mol. The summed E-state index contributed by atoms with van der Waals surface area (Å²) in [5.74, 6) is -2.23. The van der Waals surface area contributed by atoms with E-state index in [4.69, 9.17) is 0 Å². The van der Waals surface area contributed by atoms with Crippen LogP contribution >= 0.6 is 0 Å². The number of aromatic nitrogens is 1. The van der Waals surface area contributed by atoms with E-state index >= 15 is 0 Å². The predicted octanol–water partition coefficient (Wildman–Crippen LogP) is 1.23. The lowest BCUT2D eigenvalue weighted by atomic mass is 9.90. The van der Waals surface area contributed by atoms with Gasteiger partial charge in [-0.2, -0.15) is 0 Å². The number of phenols is 1. The first-order valence-electron chi connectivity index (χ1n) is 6.04. The molecule has 6 nitrogen and oxygen atoms in total. The number of hydrogen-bond donors (Lipinski definition) is 3. The summed E-state index contributed by atoms with van der Waals surface area (Å²) in [7, 11) is 0. The molecule has 0 atom stereocenters. The number of benzene rings is 1. The summed E-state index contributed by atoms with van der Waals surface area (Å²) in [4.78, 5) is 37.5. The van der Waals surface area contributed by atoms with Gasteiger partial charge in [0.2, 0.25) is 17.4 Å². The smallest absolute Gasteiger partial charge is 0.259 e. The van der Waals surface area contributed by atoms with Crippen LogP contribution in [0.1, 0.15) is 15.9 Å². The lowest BCUT2D eigenvalue weighted by molar-refractivity contribution is -0.111. The van der Waals surface area contributed by atoms with Crippen LogP contribution in [0.3, 0.4) is 0 Å². The molecular weight excluding hydrogens is 274 g/mol. The van der Waals surface area contributed by atoms with Crippen molar-refractivity contribution in [2.75, 3.05) is 0 Å². The molecule has 0 spiro atoms. The number of allylic oxidation sites excluding steroid dienone is 1. The van der Waals surface area contributed by atoms with Crippen molar-refractivity contribution in [3.63, 3.8) is 0 Å². The van der Waals surface area contributed by atoms with Gasteiger partial charge in [-0.3, -0.25) is 19.4 Å². The van der Waals surface area contributed by atoms with Crippen LogP contribution in [-0.4, -0.2) is 26.8 Å². The van der Waals surface area contributed by atoms with E-state index in [9.17, 15) is 24.6 Å². The van der Waals surface area contributed by atoms with E-state index in [2.05, 4.69) is 4.98 Å². The summed E-state index contributed by atoms with van der Waals surface area (Å²) in [6.07, 6.45) is 2.39. The van der Waals surface area contributed by atoms with Crippen LogP contribution < -0.4 is 5.56 Å². The topological polar surface area (TPSA) is 107 Å². The number of nitrogens with one attached hydrogen (secondary N) is 1. The molecule has 0 amide bonds. The average Bonchev–Trinajstić information content (AvgIpc) is 2.44. The first-order chi connectivity index (χ1) is 9.99. The monoisotopic (exact) mass is 283 g/mol. The highest BCUT2D eigenvalue weighted by Gasteiger charge is 2.28. The quantitative estimate of drug-likeness (QED) is 0.682. The molecule has 0 radical (unpaired) electrons. The van der Waals surface area contributed by atoms with E-state index in [0.717, 1.165) is 6.08 Å². The minimum Gasteiger partial charge on any atom is -0.508 e. The lowest BCUT2D eigenvalue weighted by Crippen LogP contribution is -2.22. The van der Waals surface area contributed by atoms with E-state index in [1.807, 2.05) is 0 Å². The Bertz CT molecular complexity index is 859. The van der Waals surface area contributed by atoms with Crippen LogP contribution in [0.5, 0.6) is 11.6 Å². The minimum atomic E-state index is -0.874. The van der Waals surface area contributed by atoms with Gasteiger partial charge in [0.1, 0.15) is 5.75 Å². The Labute approximate surface area is 118 Å². The first-order valence-corrected chi connectivity index (χ1v) is 6.04. The van der Waals surface area contributed by atoms with Crippen LogP contribution in [0.2, 0.25) is 0 Å².